The lowest BCUT2D eigenvalue weighted by atomic mass is 9.81. The maximum absolute atomic E-state index is 9.05. The highest BCUT2D eigenvalue weighted by Gasteiger charge is 2.10. The van der Waals surface area contributed by atoms with Gasteiger partial charge in [0.25, 0.3) is 0 Å². The normalized spacial score (nSPS) is 12.6. The molecule has 0 saturated heterocycles. The van der Waals surface area contributed by atoms with Crippen LogP contribution in [0.1, 0.15) is 12.6 Å². The molecule has 1 heterocycles. The number of aromatic nitrogens is 1. The number of aliphatic hydroxyl groups is 1. The predicted molar refractivity (Wildman–Crippen MR) is 49.4 cm³/mol. The van der Waals surface area contributed by atoms with Crippen molar-refractivity contribution in [1.82, 2.24) is 4.98 Å². The minimum atomic E-state index is -1.48. The first-order valence-corrected chi connectivity index (χ1v) is 4.08. The molecule has 0 aliphatic heterocycles. The Balaban J connectivity index is 2.70. The van der Waals surface area contributed by atoms with E-state index in [9.17, 15) is 0 Å². The van der Waals surface area contributed by atoms with Gasteiger partial charge in [0.1, 0.15) is 0 Å². The second-order valence-corrected chi connectivity index (χ2v) is 3.01. The third-order valence-corrected chi connectivity index (χ3v) is 1.65. The Morgan fingerprint density at radius 2 is 2.15 bits per heavy atom. The summed E-state index contributed by atoms with van der Waals surface area (Å²) in [5.41, 5.74) is 1.09. The fourth-order valence-electron chi connectivity index (χ4n) is 1.01. The summed E-state index contributed by atoms with van der Waals surface area (Å²) in [5.74, 6) is 0. The lowest BCUT2D eigenvalue weighted by molar-refractivity contribution is 0.194. The molecule has 5 heteroatoms. The highest BCUT2D eigenvalue weighted by molar-refractivity contribution is 6.58. The van der Waals surface area contributed by atoms with E-state index in [1.807, 2.05) is 0 Å². The molecule has 1 aromatic heterocycles. The average molecular weight is 181 g/mol. The van der Waals surface area contributed by atoms with Crippen LogP contribution in [0, 0.1) is 0 Å². The number of hydrogen-bond acceptors (Lipinski definition) is 4. The van der Waals surface area contributed by atoms with Crippen molar-refractivity contribution in [3.05, 3.63) is 24.0 Å². The van der Waals surface area contributed by atoms with Gasteiger partial charge in [0.2, 0.25) is 0 Å². The summed E-state index contributed by atoms with van der Waals surface area (Å²) in [4.78, 5) is 3.96. The molecule has 0 fully saturated rings. The van der Waals surface area contributed by atoms with Gasteiger partial charge < -0.3 is 15.2 Å². The average Bonchev–Trinajstić information content (AvgIpc) is 2.04. The Labute approximate surface area is 77.0 Å². The minimum absolute atomic E-state index is 0.356. The maximum atomic E-state index is 9.05. The topological polar surface area (TPSA) is 73.6 Å². The fraction of sp³-hybridized carbons (Fsp3) is 0.375. The van der Waals surface area contributed by atoms with E-state index in [-0.39, 0.29) is 0 Å². The molecule has 0 aliphatic rings. The van der Waals surface area contributed by atoms with E-state index < -0.39 is 13.2 Å². The predicted octanol–water partition coefficient (Wildman–Crippen LogP) is -1.32. The number of pyridine rings is 1. The molecular formula is C8H12BNO3. The van der Waals surface area contributed by atoms with Gasteiger partial charge in [0.15, 0.2) is 0 Å². The summed E-state index contributed by atoms with van der Waals surface area (Å²) >= 11 is 0. The Bertz CT molecular complexity index is 261. The second-order valence-electron chi connectivity index (χ2n) is 3.01. The van der Waals surface area contributed by atoms with Gasteiger partial charge in [-0.15, -0.1) is 0 Å². The largest absolute Gasteiger partial charge is 0.490 e. The number of hydrogen-bond donors (Lipinski definition) is 3. The van der Waals surface area contributed by atoms with E-state index in [2.05, 4.69) is 4.98 Å². The first-order valence-electron chi connectivity index (χ1n) is 4.08. The zero-order valence-corrected chi connectivity index (χ0v) is 7.38. The van der Waals surface area contributed by atoms with Crippen LogP contribution in [0.5, 0.6) is 0 Å². The van der Waals surface area contributed by atoms with Crippen LogP contribution in [-0.2, 0) is 6.42 Å². The molecule has 1 unspecified atom stereocenters. The minimum Gasteiger partial charge on any atom is -0.423 e. The molecule has 0 radical (unpaired) electrons. The molecule has 1 aromatic rings. The van der Waals surface area contributed by atoms with Crippen LogP contribution < -0.4 is 5.46 Å². The van der Waals surface area contributed by atoms with Gasteiger partial charge in [-0.1, -0.05) is 6.07 Å². The van der Waals surface area contributed by atoms with Gasteiger partial charge >= 0.3 is 7.12 Å². The standard InChI is InChI=1S/C8H12BNO3/c1-6(11)4-8-3-2-7(5-10-8)9(12)13/h2-3,5-6,11-13H,4H2,1H3. The fourth-order valence-corrected chi connectivity index (χ4v) is 1.01. The van der Waals surface area contributed by atoms with Crippen LogP contribution in [0.25, 0.3) is 0 Å². The Morgan fingerprint density at radius 3 is 2.54 bits per heavy atom. The van der Waals surface area contributed by atoms with Crippen LogP contribution in [0.15, 0.2) is 18.3 Å². The van der Waals surface area contributed by atoms with Crippen molar-refractivity contribution < 1.29 is 15.2 Å². The first-order chi connectivity index (χ1) is 6.09. The lowest BCUT2D eigenvalue weighted by Gasteiger charge is -2.04. The molecule has 1 rings (SSSR count). The van der Waals surface area contributed by atoms with Gasteiger partial charge in [-0.25, -0.2) is 0 Å². The molecule has 4 nitrogen and oxygen atoms in total. The molecule has 0 saturated carbocycles. The third-order valence-electron chi connectivity index (χ3n) is 1.65. The SMILES string of the molecule is CC(O)Cc1ccc(B(O)O)cn1. The number of rotatable bonds is 3. The summed E-state index contributed by atoms with van der Waals surface area (Å²) in [6.45, 7) is 1.68. The van der Waals surface area contributed by atoms with Crippen molar-refractivity contribution >= 4 is 12.6 Å². The smallest absolute Gasteiger partial charge is 0.423 e. The molecular weight excluding hydrogens is 169 g/mol. The Morgan fingerprint density at radius 1 is 1.46 bits per heavy atom. The second kappa shape index (κ2) is 4.36. The van der Waals surface area contributed by atoms with Crippen LogP contribution >= 0.6 is 0 Å². The van der Waals surface area contributed by atoms with Crippen molar-refractivity contribution in [3.63, 3.8) is 0 Å². The van der Waals surface area contributed by atoms with Gasteiger partial charge in [-0.2, -0.15) is 0 Å². The van der Waals surface area contributed by atoms with Gasteiger partial charge in [-0.3, -0.25) is 4.98 Å². The molecule has 0 bridgehead atoms. The van der Waals surface area contributed by atoms with E-state index in [1.165, 1.54) is 6.20 Å². The molecule has 0 aliphatic carbocycles. The van der Waals surface area contributed by atoms with E-state index in [0.717, 1.165) is 5.69 Å². The zero-order chi connectivity index (χ0) is 9.84. The van der Waals surface area contributed by atoms with Crippen molar-refractivity contribution in [2.24, 2.45) is 0 Å². The molecule has 3 N–H and O–H groups in total. The summed E-state index contributed by atoms with van der Waals surface area (Å²) < 4.78 is 0. The van der Waals surface area contributed by atoms with E-state index in [1.54, 1.807) is 19.1 Å². The first kappa shape index (κ1) is 10.2. The molecule has 0 spiro atoms. The van der Waals surface area contributed by atoms with Crippen molar-refractivity contribution in [1.29, 1.82) is 0 Å². The highest BCUT2D eigenvalue weighted by Crippen LogP contribution is 1.97. The monoisotopic (exact) mass is 181 g/mol. The van der Waals surface area contributed by atoms with E-state index in [4.69, 9.17) is 15.2 Å². The highest BCUT2D eigenvalue weighted by atomic mass is 16.4. The third kappa shape index (κ3) is 3.14. The zero-order valence-electron chi connectivity index (χ0n) is 7.38. The molecule has 13 heavy (non-hydrogen) atoms. The molecule has 70 valence electrons. The van der Waals surface area contributed by atoms with Gasteiger partial charge in [0.05, 0.1) is 6.10 Å². The Hall–Kier alpha value is -0.905. The van der Waals surface area contributed by atoms with Gasteiger partial charge in [-0.05, 0) is 13.0 Å². The number of aliphatic hydroxyl groups excluding tert-OH is 1. The summed E-state index contributed by atoms with van der Waals surface area (Å²) in [5, 5.41) is 26.6. The summed E-state index contributed by atoms with van der Waals surface area (Å²) in [6.07, 6.45) is 1.43. The summed E-state index contributed by atoms with van der Waals surface area (Å²) in [6, 6.07) is 3.25. The van der Waals surface area contributed by atoms with Crippen molar-refractivity contribution in [3.8, 4) is 0 Å². The quantitative estimate of drug-likeness (QED) is 0.506. The van der Waals surface area contributed by atoms with Crippen molar-refractivity contribution in [2.45, 2.75) is 19.4 Å². The summed E-state index contributed by atoms with van der Waals surface area (Å²) in [7, 11) is -1.48. The van der Waals surface area contributed by atoms with E-state index >= 15 is 0 Å². The van der Waals surface area contributed by atoms with E-state index in [0.29, 0.717) is 11.9 Å². The molecule has 0 amide bonds. The molecule has 1 atom stereocenters. The Kier molecular flexibility index (Phi) is 3.42. The van der Waals surface area contributed by atoms with Crippen LogP contribution in [0.4, 0.5) is 0 Å². The lowest BCUT2D eigenvalue weighted by Crippen LogP contribution is -2.30. The van der Waals surface area contributed by atoms with Gasteiger partial charge in [0, 0.05) is 23.8 Å². The van der Waals surface area contributed by atoms with Crippen molar-refractivity contribution in [2.75, 3.05) is 0 Å². The van der Waals surface area contributed by atoms with Crippen LogP contribution in [0.2, 0.25) is 0 Å². The van der Waals surface area contributed by atoms with Crippen LogP contribution in [-0.4, -0.2) is 33.4 Å². The molecule has 0 aromatic carbocycles. The van der Waals surface area contributed by atoms with Crippen LogP contribution in [0.3, 0.4) is 0 Å². The number of nitrogens with zero attached hydrogens (tertiary/aromatic N) is 1. The maximum Gasteiger partial charge on any atom is 0.490 e.